The van der Waals surface area contributed by atoms with Gasteiger partial charge in [0.05, 0.1) is 0 Å². The Kier molecular flexibility index (Phi) is 7.89. The maximum atomic E-state index is 7.57. The third-order valence-electron chi connectivity index (χ3n) is 1.66. The maximum Gasteiger partial charge on any atom is 0.0402 e. The zero-order chi connectivity index (χ0) is 8.53. The third kappa shape index (κ3) is 6.28. The smallest absolute Gasteiger partial charge is 0.0402 e. The van der Waals surface area contributed by atoms with Gasteiger partial charge in [-0.3, -0.25) is 0 Å². The molecule has 2 N–H and O–H groups in total. The van der Waals surface area contributed by atoms with E-state index in [0.29, 0.717) is 0 Å². The Morgan fingerprint density at radius 1 is 1.27 bits per heavy atom. The number of likely N-dealkylation sites (N-methyl/N-ethyl adjacent to an activating group) is 1. The van der Waals surface area contributed by atoms with Gasteiger partial charge < -0.3 is 15.3 Å². The molecule has 0 aromatic heterocycles. The fourth-order valence-corrected chi connectivity index (χ4v) is 1.03. The Labute approximate surface area is 69.4 Å². The van der Waals surface area contributed by atoms with Crippen molar-refractivity contribution in [2.45, 2.75) is 13.8 Å². The third-order valence-corrected chi connectivity index (χ3v) is 1.66. The molecule has 0 aliphatic carbocycles. The second kappa shape index (κ2) is 7.98. The molecule has 11 heavy (non-hydrogen) atoms. The molecule has 3 nitrogen and oxygen atoms in total. The van der Waals surface area contributed by atoms with E-state index < -0.39 is 0 Å². The monoisotopic (exact) mass is 160 g/mol. The lowest BCUT2D eigenvalue weighted by Crippen LogP contribution is -2.43. The summed E-state index contributed by atoms with van der Waals surface area (Å²) in [5.41, 5.74) is 0. The van der Waals surface area contributed by atoms with Gasteiger partial charge in [0.2, 0.25) is 0 Å². The van der Waals surface area contributed by atoms with Crippen molar-refractivity contribution in [2.24, 2.45) is 0 Å². The number of hydrogen-bond donors (Lipinski definition) is 2. The molecule has 0 atom stereocenters. The zero-order valence-electron chi connectivity index (χ0n) is 7.64. The summed E-state index contributed by atoms with van der Waals surface area (Å²) in [6.45, 7) is 10.2. The molecule has 3 heteroatoms. The Morgan fingerprint density at radius 2 is 1.73 bits per heavy atom. The molecular formula is C8H20N2O. The van der Waals surface area contributed by atoms with Crippen LogP contribution in [0.4, 0.5) is 0 Å². The minimum Gasteiger partial charge on any atom is -0.397 e. The lowest BCUT2D eigenvalue weighted by Gasteiger charge is -2.25. The Balaban J connectivity index is 0.000000292. The van der Waals surface area contributed by atoms with Gasteiger partial charge in [0.15, 0.2) is 0 Å². The van der Waals surface area contributed by atoms with Crippen molar-refractivity contribution < 1.29 is 5.11 Å². The highest BCUT2D eigenvalue weighted by Crippen LogP contribution is 1.88. The van der Waals surface area contributed by atoms with Crippen LogP contribution in [0.2, 0.25) is 0 Å². The normalized spacial score (nSPS) is 18.8. The summed E-state index contributed by atoms with van der Waals surface area (Å²) in [4.78, 5) is 2.45. The second-order valence-electron chi connectivity index (χ2n) is 2.50. The van der Waals surface area contributed by atoms with Crippen molar-refractivity contribution in [3.8, 4) is 0 Å². The van der Waals surface area contributed by atoms with E-state index >= 15 is 0 Å². The topological polar surface area (TPSA) is 35.5 Å². The van der Waals surface area contributed by atoms with Gasteiger partial charge in [-0.15, -0.1) is 0 Å². The number of hydrogen-bond acceptors (Lipinski definition) is 3. The van der Waals surface area contributed by atoms with Crippen molar-refractivity contribution in [3.05, 3.63) is 0 Å². The van der Waals surface area contributed by atoms with Crippen LogP contribution in [0.5, 0.6) is 0 Å². The van der Waals surface area contributed by atoms with Crippen molar-refractivity contribution >= 4 is 0 Å². The summed E-state index contributed by atoms with van der Waals surface area (Å²) in [6.07, 6.45) is 0. The number of nitrogens with one attached hydrogen (secondary N) is 1. The van der Waals surface area contributed by atoms with Crippen molar-refractivity contribution in [3.63, 3.8) is 0 Å². The van der Waals surface area contributed by atoms with Crippen LogP contribution in [-0.4, -0.2) is 49.3 Å². The van der Waals surface area contributed by atoms with Gasteiger partial charge >= 0.3 is 0 Å². The average molecular weight is 160 g/mol. The van der Waals surface area contributed by atoms with Crippen LogP contribution in [0, 0.1) is 0 Å². The molecule has 1 heterocycles. The van der Waals surface area contributed by atoms with E-state index in [9.17, 15) is 0 Å². The Morgan fingerprint density at radius 3 is 2.00 bits per heavy atom. The molecule has 0 bridgehead atoms. The van der Waals surface area contributed by atoms with Gasteiger partial charge in [0.25, 0.3) is 0 Å². The standard InChI is InChI=1S/C6H14N2.C2H6O/c1-2-8-5-3-7-4-6-8;1-2-3/h7H,2-6H2,1H3;3H,2H2,1H3. The highest BCUT2D eigenvalue weighted by Gasteiger charge is 2.04. The van der Waals surface area contributed by atoms with Crippen LogP contribution >= 0.6 is 0 Å². The van der Waals surface area contributed by atoms with E-state index in [0.717, 1.165) is 0 Å². The lowest BCUT2D eigenvalue weighted by atomic mass is 10.4. The molecule has 1 saturated heterocycles. The first-order chi connectivity index (χ1) is 5.35. The summed E-state index contributed by atoms with van der Waals surface area (Å²) < 4.78 is 0. The zero-order valence-corrected chi connectivity index (χ0v) is 7.64. The second-order valence-corrected chi connectivity index (χ2v) is 2.50. The van der Waals surface area contributed by atoms with Gasteiger partial charge in [0.1, 0.15) is 0 Å². The van der Waals surface area contributed by atoms with Crippen LogP contribution in [0.15, 0.2) is 0 Å². The fourth-order valence-electron chi connectivity index (χ4n) is 1.03. The van der Waals surface area contributed by atoms with Gasteiger partial charge in [-0.25, -0.2) is 0 Å². The van der Waals surface area contributed by atoms with E-state index in [2.05, 4.69) is 17.1 Å². The minimum atomic E-state index is 0.250. The first-order valence-corrected chi connectivity index (χ1v) is 4.39. The van der Waals surface area contributed by atoms with E-state index in [-0.39, 0.29) is 6.61 Å². The molecule has 0 aromatic carbocycles. The molecule has 1 fully saturated rings. The largest absolute Gasteiger partial charge is 0.397 e. The summed E-state index contributed by atoms with van der Waals surface area (Å²) in [7, 11) is 0. The van der Waals surface area contributed by atoms with E-state index in [1.807, 2.05) is 0 Å². The van der Waals surface area contributed by atoms with E-state index in [1.54, 1.807) is 6.92 Å². The van der Waals surface area contributed by atoms with Crippen LogP contribution in [-0.2, 0) is 0 Å². The van der Waals surface area contributed by atoms with Crippen molar-refractivity contribution in [2.75, 3.05) is 39.3 Å². The molecule has 1 rings (SSSR count). The van der Waals surface area contributed by atoms with E-state index in [4.69, 9.17) is 5.11 Å². The first-order valence-electron chi connectivity index (χ1n) is 4.39. The van der Waals surface area contributed by atoms with Crippen LogP contribution < -0.4 is 5.32 Å². The summed E-state index contributed by atoms with van der Waals surface area (Å²) >= 11 is 0. The highest BCUT2D eigenvalue weighted by atomic mass is 16.2. The van der Waals surface area contributed by atoms with Crippen LogP contribution in [0.3, 0.4) is 0 Å². The number of rotatable bonds is 1. The fraction of sp³-hybridized carbons (Fsp3) is 1.00. The van der Waals surface area contributed by atoms with E-state index in [1.165, 1.54) is 32.7 Å². The molecule has 0 saturated carbocycles. The first kappa shape index (κ1) is 10.9. The molecule has 0 amide bonds. The summed E-state index contributed by atoms with van der Waals surface area (Å²) in [5, 5.41) is 10.9. The average Bonchev–Trinajstić information content (AvgIpc) is 2.08. The maximum absolute atomic E-state index is 7.57. The highest BCUT2D eigenvalue weighted by molar-refractivity contribution is 4.64. The number of aliphatic hydroxyl groups is 1. The quantitative estimate of drug-likeness (QED) is 0.563. The van der Waals surface area contributed by atoms with Crippen molar-refractivity contribution in [1.82, 2.24) is 10.2 Å². The predicted molar refractivity (Wildman–Crippen MR) is 47.7 cm³/mol. The molecule has 1 aliphatic rings. The predicted octanol–water partition coefficient (Wildman–Crippen LogP) is -0.0899. The molecule has 68 valence electrons. The van der Waals surface area contributed by atoms with Gasteiger partial charge in [-0.05, 0) is 13.5 Å². The Bertz CT molecular complexity index is 72.5. The van der Waals surface area contributed by atoms with Gasteiger partial charge in [-0.2, -0.15) is 0 Å². The molecule has 1 aliphatic heterocycles. The molecule has 0 unspecified atom stereocenters. The molecule has 0 aromatic rings. The molecule has 0 spiro atoms. The minimum absolute atomic E-state index is 0.250. The summed E-state index contributed by atoms with van der Waals surface area (Å²) in [5.74, 6) is 0. The van der Waals surface area contributed by atoms with Gasteiger partial charge in [-0.1, -0.05) is 6.92 Å². The SMILES string of the molecule is CCN1CCNCC1.CCO. The van der Waals surface area contributed by atoms with Crippen LogP contribution in [0.25, 0.3) is 0 Å². The van der Waals surface area contributed by atoms with Crippen molar-refractivity contribution in [1.29, 1.82) is 0 Å². The van der Waals surface area contributed by atoms with Crippen LogP contribution in [0.1, 0.15) is 13.8 Å². The molecular weight excluding hydrogens is 140 g/mol. The number of aliphatic hydroxyl groups excluding tert-OH is 1. The van der Waals surface area contributed by atoms with Gasteiger partial charge in [0, 0.05) is 32.8 Å². The summed E-state index contributed by atoms with van der Waals surface area (Å²) in [6, 6.07) is 0. The number of nitrogens with zero attached hydrogens (tertiary/aromatic N) is 1. The Hall–Kier alpha value is -0.120. The lowest BCUT2D eigenvalue weighted by molar-refractivity contribution is 0.253. The number of piperazine rings is 1. The molecule has 0 radical (unpaired) electrons.